The Labute approximate surface area is 94.7 Å². The van der Waals surface area contributed by atoms with Gasteiger partial charge in [-0.15, -0.1) is 0 Å². The van der Waals surface area contributed by atoms with E-state index >= 15 is 0 Å². The molecule has 1 aromatic heterocycles. The highest BCUT2D eigenvalue weighted by atomic mass is 32.1. The Morgan fingerprint density at radius 2 is 2.27 bits per heavy atom. The summed E-state index contributed by atoms with van der Waals surface area (Å²) in [5.41, 5.74) is 0.815. The van der Waals surface area contributed by atoms with Crippen LogP contribution in [0.4, 0.5) is 0 Å². The minimum atomic E-state index is -0.0909. The molecule has 0 radical (unpaired) electrons. The Morgan fingerprint density at radius 1 is 1.53 bits per heavy atom. The maximum atomic E-state index is 12.4. The Bertz CT molecular complexity index is 325. The van der Waals surface area contributed by atoms with Crippen molar-refractivity contribution in [2.24, 2.45) is 5.41 Å². The lowest BCUT2D eigenvalue weighted by molar-refractivity contribution is 0.0718. The molecule has 0 bridgehead atoms. The van der Waals surface area contributed by atoms with Gasteiger partial charge in [0.05, 0.1) is 0 Å². The van der Waals surface area contributed by atoms with Crippen molar-refractivity contribution in [1.82, 2.24) is 5.32 Å². The summed E-state index contributed by atoms with van der Waals surface area (Å²) in [4.78, 5) is 12.4. The average Bonchev–Trinajstić information content (AvgIpc) is 2.82. The number of hydrogen-bond donors (Lipinski definition) is 1. The van der Waals surface area contributed by atoms with Gasteiger partial charge >= 0.3 is 0 Å². The van der Waals surface area contributed by atoms with Crippen molar-refractivity contribution in [2.75, 3.05) is 13.1 Å². The van der Waals surface area contributed by atoms with E-state index in [0.717, 1.165) is 37.9 Å². The quantitative estimate of drug-likeness (QED) is 0.798. The molecule has 0 saturated carbocycles. The SMILES string of the molecule is CCC1(C(=O)c2ccsc2)CCNCC1. The van der Waals surface area contributed by atoms with E-state index in [1.54, 1.807) is 11.3 Å². The summed E-state index contributed by atoms with van der Waals surface area (Å²) in [6, 6.07) is 1.95. The molecule has 2 nitrogen and oxygen atoms in total. The Morgan fingerprint density at radius 3 is 2.80 bits per heavy atom. The Hall–Kier alpha value is -0.670. The van der Waals surface area contributed by atoms with Crippen LogP contribution in [0.1, 0.15) is 36.5 Å². The van der Waals surface area contributed by atoms with Gasteiger partial charge in [0.25, 0.3) is 0 Å². The van der Waals surface area contributed by atoms with E-state index in [2.05, 4.69) is 12.2 Å². The van der Waals surface area contributed by atoms with E-state index in [9.17, 15) is 4.79 Å². The molecule has 0 unspecified atom stereocenters. The van der Waals surface area contributed by atoms with Crippen molar-refractivity contribution in [1.29, 1.82) is 0 Å². The molecule has 1 aliphatic rings. The lowest BCUT2D eigenvalue weighted by Gasteiger charge is -2.35. The van der Waals surface area contributed by atoms with Crippen LogP contribution in [0.3, 0.4) is 0 Å². The summed E-state index contributed by atoms with van der Waals surface area (Å²) in [7, 11) is 0. The van der Waals surface area contributed by atoms with Gasteiger partial charge < -0.3 is 5.32 Å². The molecule has 1 aliphatic heterocycles. The third-order valence-electron chi connectivity index (χ3n) is 3.50. The predicted octanol–water partition coefficient (Wildman–Crippen LogP) is 2.71. The molecule has 0 atom stereocenters. The predicted molar refractivity (Wildman–Crippen MR) is 63.5 cm³/mol. The van der Waals surface area contributed by atoms with Crippen LogP contribution in [-0.2, 0) is 0 Å². The zero-order chi connectivity index (χ0) is 10.7. The number of carbonyl (C=O) groups excluding carboxylic acids is 1. The van der Waals surface area contributed by atoms with Gasteiger partial charge in [0.1, 0.15) is 0 Å². The first-order valence-corrected chi connectivity index (χ1v) is 6.50. The summed E-state index contributed by atoms with van der Waals surface area (Å²) in [6.07, 6.45) is 2.93. The zero-order valence-corrected chi connectivity index (χ0v) is 9.90. The fourth-order valence-corrected chi connectivity index (χ4v) is 2.98. The Kier molecular flexibility index (Phi) is 3.22. The second-order valence-electron chi connectivity index (χ2n) is 4.23. The molecule has 3 heteroatoms. The van der Waals surface area contributed by atoms with Crippen molar-refractivity contribution in [3.05, 3.63) is 22.4 Å². The molecule has 0 spiro atoms. The standard InChI is InChI=1S/C12H17NOS/c1-2-12(4-6-13-7-5-12)11(14)10-3-8-15-9-10/h3,8-9,13H,2,4-7H2,1H3. The second-order valence-corrected chi connectivity index (χ2v) is 5.01. The number of rotatable bonds is 3. The molecule has 82 valence electrons. The molecular weight excluding hydrogens is 206 g/mol. The highest BCUT2D eigenvalue weighted by molar-refractivity contribution is 7.08. The first-order chi connectivity index (χ1) is 7.28. The summed E-state index contributed by atoms with van der Waals surface area (Å²) < 4.78 is 0. The molecule has 1 N–H and O–H groups in total. The number of carbonyl (C=O) groups is 1. The maximum absolute atomic E-state index is 12.4. The summed E-state index contributed by atoms with van der Waals surface area (Å²) in [5.74, 6) is 0.354. The van der Waals surface area contributed by atoms with Crippen LogP contribution >= 0.6 is 11.3 Å². The van der Waals surface area contributed by atoms with Crippen LogP contribution in [0.5, 0.6) is 0 Å². The van der Waals surface area contributed by atoms with Gasteiger partial charge in [-0.05, 0) is 43.8 Å². The molecule has 0 amide bonds. The van der Waals surface area contributed by atoms with Crippen molar-refractivity contribution < 1.29 is 4.79 Å². The van der Waals surface area contributed by atoms with Crippen molar-refractivity contribution in [2.45, 2.75) is 26.2 Å². The zero-order valence-electron chi connectivity index (χ0n) is 9.08. The number of thiophene rings is 1. The third-order valence-corrected chi connectivity index (χ3v) is 4.19. The number of Topliss-reactive ketones (excluding diaryl/α,β-unsaturated/α-hetero) is 1. The molecule has 1 aromatic rings. The smallest absolute Gasteiger partial charge is 0.169 e. The van der Waals surface area contributed by atoms with Gasteiger partial charge in [0.15, 0.2) is 5.78 Å². The molecule has 2 heterocycles. The van der Waals surface area contributed by atoms with Crippen LogP contribution in [-0.4, -0.2) is 18.9 Å². The number of nitrogens with one attached hydrogen (secondary N) is 1. The number of hydrogen-bond acceptors (Lipinski definition) is 3. The van der Waals surface area contributed by atoms with Crippen LogP contribution in [0.25, 0.3) is 0 Å². The summed E-state index contributed by atoms with van der Waals surface area (Å²) in [5, 5.41) is 7.28. The molecule has 0 aromatic carbocycles. The van der Waals surface area contributed by atoms with Gasteiger partial charge in [-0.3, -0.25) is 4.79 Å². The fraction of sp³-hybridized carbons (Fsp3) is 0.583. The van der Waals surface area contributed by atoms with Crippen LogP contribution in [0.2, 0.25) is 0 Å². The van der Waals surface area contributed by atoms with E-state index in [0.29, 0.717) is 5.78 Å². The molecule has 2 rings (SSSR count). The van der Waals surface area contributed by atoms with Gasteiger partial charge in [-0.25, -0.2) is 0 Å². The molecule has 1 fully saturated rings. The monoisotopic (exact) mass is 223 g/mol. The van der Waals surface area contributed by atoms with Crippen LogP contribution < -0.4 is 5.32 Å². The molecule has 1 saturated heterocycles. The normalized spacial score (nSPS) is 20.1. The fourth-order valence-electron chi connectivity index (χ4n) is 2.35. The lowest BCUT2D eigenvalue weighted by Crippen LogP contribution is -2.41. The van der Waals surface area contributed by atoms with Gasteiger partial charge in [-0.1, -0.05) is 6.92 Å². The highest BCUT2D eigenvalue weighted by Crippen LogP contribution is 2.36. The lowest BCUT2D eigenvalue weighted by atomic mass is 9.72. The van der Waals surface area contributed by atoms with E-state index in [1.807, 2.05) is 16.8 Å². The van der Waals surface area contributed by atoms with Gasteiger partial charge in [-0.2, -0.15) is 11.3 Å². The molecular formula is C12H17NOS. The van der Waals surface area contributed by atoms with E-state index in [-0.39, 0.29) is 5.41 Å². The third kappa shape index (κ3) is 1.99. The minimum Gasteiger partial charge on any atom is -0.317 e. The van der Waals surface area contributed by atoms with Gasteiger partial charge in [0.2, 0.25) is 0 Å². The van der Waals surface area contributed by atoms with E-state index in [4.69, 9.17) is 0 Å². The largest absolute Gasteiger partial charge is 0.317 e. The molecule has 0 aliphatic carbocycles. The number of piperidine rings is 1. The maximum Gasteiger partial charge on any atom is 0.169 e. The Balaban J connectivity index is 2.22. The summed E-state index contributed by atoms with van der Waals surface area (Å²) in [6.45, 7) is 4.09. The summed E-state index contributed by atoms with van der Waals surface area (Å²) >= 11 is 1.60. The average molecular weight is 223 g/mol. The number of ketones is 1. The highest BCUT2D eigenvalue weighted by Gasteiger charge is 2.38. The molecule has 15 heavy (non-hydrogen) atoms. The van der Waals surface area contributed by atoms with Crippen LogP contribution in [0, 0.1) is 5.41 Å². The van der Waals surface area contributed by atoms with Crippen molar-refractivity contribution in [3.63, 3.8) is 0 Å². The topological polar surface area (TPSA) is 29.1 Å². The first-order valence-electron chi connectivity index (χ1n) is 5.56. The van der Waals surface area contributed by atoms with Crippen molar-refractivity contribution in [3.8, 4) is 0 Å². The van der Waals surface area contributed by atoms with Crippen LogP contribution in [0.15, 0.2) is 16.8 Å². The van der Waals surface area contributed by atoms with Crippen molar-refractivity contribution >= 4 is 17.1 Å². The van der Waals surface area contributed by atoms with E-state index in [1.165, 1.54) is 0 Å². The second kappa shape index (κ2) is 4.45. The minimum absolute atomic E-state index is 0.0909. The van der Waals surface area contributed by atoms with Gasteiger partial charge in [0, 0.05) is 16.4 Å². The first kappa shape index (κ1) is 10.8. The van der Waals surface area contributed by atoms with E-state index < -0.39 is 0 Å².